The number of urea groups is 1. The lowest BCUT2D eigenvalue weighted by Crippen LogP contribution is -2.43. The molecule has 3 rings (SSSR count). The number of fused-ring (bicyclic) bond motifs is 1. The number of hydrogen-bond acceptors (Lipinski definition) is 6. The van der Waals surface area contributed by atoms with E-state index >= 15 is 0 Å². The fourth-order valence-corrected chi connectivity index (χ4v) is 2.94. The molecular weight excluding hydrogens is 320 g/mol. The van der Waals surface area contributed by atoms with Crippen LogP contribution in [0.5, 0.6) is 0 Å². The van der Waals surface area contributed by atoms with E-state index in [1.807, 2.05) is 0 Å². The normalized spacial score (nSPS) is 18.3. The first kappa shape index (κ1) is 15.4. The van der Waals surface area contributed by atoms with Gasteiger partial charge < -0.3 is 10.6 Å². The second kappa shape index (κ2) is 5.30. The summed E-state index contributed by atoms with van der Waals surface area (Å²) in [4.78, 5) is 41.9. The van der Waals surface area contributed by atoms with Crippen LogP contribution in [0.1, 0.15) is 32.5 Å². The molecule has 0 aromatic carbocycles. The zero-order chi connectivity index (χ0) is 16.8. The molecule has 1 saturated heterocycles. The third kappa shape index (κ3) is 2.77. The summed E-state index contributed by atoms with van der Waals surface area (Å²) in [5.74, 6) is -0.847. The predicted octanol–water partition coefficient (Wildman–Crippen LogP) is 0.298. The Morgan fingerprint density at radius 2 is 2.22 bits per heavy atom. The fraction of sp³-hybridized carbons (Fsp3) is 0.462. The third-order valence-electron chi connectivity index (χ3n) is 3.57. The van der Waals surface area contributed by atoms with Crippen LogP contribution >= 0.6 is 11.3 Å². The minimum Gasteiger partial charge on any atom is -0.346 e. The Balaban J connectivity index is 1.64. The quantitative estimate of drug-likeness (QED) is 0.781. The molecule has 1 atom stereocenters. The van der Waals surface area contributed by atoms with Crippen LogP contribution in [0.2, 0.25) is 0 Å². The standard InChI is InChI=1S/C13H16N6O3S/c1-7(8-4-19-12(16-8)23-6-14-19)15-9(20)5-18-10(21)13(2,3)17-11(18)22/h4,6-7H,5H2,1-3H3,(H,15,20)(H,17,22)/t7-/m0/s1. The van der Waals surface area contributed by atoms with E-state index in [1.54, 1.807) is 37.0 Å². The highest BCUT2D eigenvalue weighted by atomic mass is 32.1. The number of rotatable bonds is 4. The molecule has 10 heteroatoms. The van der Waals surface area contributed by atoms with Crippen LogP contribution in [0.25, 0.3) is 4.96 Å². The fourth-order valence-electron chi connectivity index (χ4n) is 2.33. The summed E-state index contributed by atoms with van der Waals surface area (Å²) in [6.45, 7) is 4.65. The van der Waals surface area contributed by atoms with Crippen molar-refractivity contribution in [3.63, 3.8) is 0 Å². The highest BCUT2D eigenvalue weighted by Crippen LogP contribution is 2.17. The van der Waals surface area contributed by atoms with Crippen molar-refractivity contribution in [2.45, 2.75) is 32.4 Å². The molecule has 0 aliphatic carbocycles. The number of hydrogen-bond donors (Lipinski definition) is 2. The zero-order valence-electron chi connectivity index (χ0n) is 12.9. The van der Waals surface area contributed by atoms with Crippen LogP contribution in [0.4, 0.5) is 4.79 Å². The molecule has 1 aliphatic heterocycles. The van der Waals surface area contributed by atoms with Gasteiger partial charge in [-0.2, -0.15) is 5.10 Å². The van der Waals surface area contributed by atoms with Crippen LogP contribution in [0.3, 0.4) is 0 Å². The number of imide groups is 1. The topological polar surface area (TPSA) is 109 Å². The summed E-state index contributed by atoms with van der Waals surface area (Å²) >= 11 is 1.39. The van der Waals surface area contributed by atoms with Gasteiger partial charge in [0.25, 0.3) is 5.91 Å². The lowest BCUT2D eigenvalue weighted by atomic mass is 10.1. The molecule has 0 spiro atoms. The summed E-state index contributed by atoms with van der Waals surface area (Å²) in [5, 5.41) is 9.34. The van der Waals surface area contributed by atoms with Crippen LogP contribution in [-0.2, 0) is 9.59 Å². The Morgan fingerprint density at radius 1 is 1.48 bits per heavy atom. The smallest absolute Gasteiger partial charge is 0.325 e. The average Bonchev–Trinajstić information content (AvgIpc) is 3.08. The highest BCUT2D eigenvalue weighted by molar-refractivity contribution is 7.14. The summed E-state index contributed by atoms with van der Waals surface area (Å²) in [5.41, 5.74) is 1.35. The van der Waals surface area contributed by atoms with Crippen molar-refractivity contribution in [1.82, 2.24) is 30.1 Å². The Bertz CT molecular complexity index is 766. The molecule has 0 saturated carbocycles. The van der Waals surface area contributed by atoms with Gasteiger partial charge in [0.2, 0.25) is 10.9 Å². The van der Waals surface area contributed by atoms with Gasteiger partial charge in [-0.1, -0.05) is 11.3 Å². The first-order valence-corrected chi connectivity index (χ1v) is 7.88. The van der Waals surface area contributed by atoms with Gasteiger partial charge >= 0.3 is 6.03 Å². The Kier molecular flexibility index (Phi) is 3.55. The second-order valence-corrected chi connectivity index (χ2v) is 6.68. The van der Waals surface area contributed by atoms with Gasteiger partial charge in [-0.25, -0.2) is 14.3 Å². The molecule has 0 unspecified atom stereocenters. The van der Waals surface area contributed by atoms with Gasteiger partial charge in [-0.15, -0.1) is 0 Å². The van der Waals surface area contributed by atoms with Crippen molar-refractivity contribution < 1.29 is 14.4 Å². The Morgan fingerprint density at radius 3 is 2.83 bits per heavy atom. The molecule has 0 radical (unpaired) electrons. The van der Waals surface area contributed by atoms with Gasteiger partial charge in [0, 0.05) is 0 Å². The van der Waals surface area contributed by atoms with Gasteiger partial charge in [-0.3, -0.25) is 14.5 Å². The van der Waals surface area contributed by atoms with Crippen molar-refractivity contribution >= 4 is 34.1 Å². The molecule has 1 fully saturated rings. The van der Waals surface area contributed by atoms with Gasteiger partial charge in [0.05, 0.1) is 17.9 Å². The monoisotopic (exact) mass is 336 g/mol. The maximum absolute atomic E-state index is 12.1. The van der Waals surface area contributed by atoms with E-state index < -0.39 is 23.4 Å². The average molecular weight is 336 g/mol. The number of carbonyl (C=O) groups is 3. The van der Waals surface area contributed by atoms with E-state index in [0.717, 1.165) is 9.86 Å². The van der Waals surface area contributed by atoms with E-state index in [4.69, 9.17) is 0 Å². The predicted molar refractivity (Wildman–Crippen MR) is 81.7 cm³/mol. The molecule has 1 aliphatic rings. The van der Waals surface area contributed by atoms with Crippen molar-refractivity contribution in [2.75, 3.05) is 6.54 Å². The molecule has 2 N–H and O–H groups in total. The maximum atomic E-state index is 12.1. The molecular formula is C13H16N6O3S. The van der Waals surface area contributed by atoms with Crippen LogP contribution < -0.4 is 10.6 Å². The number of imidazole rings is 1. The van der Waals surface area contributed by atoms with Crippen LogP contribution in [0, 0.1) is 0 Å². The summed E-state index contributed by atoms with van der Waals surface area (Å²) in [6, 6.07) is -0.917. The number of nitrogens with one attached hydrogen (secondary N) is 2. The molecule has 9 nitrogen and oxygen atoms in total. The first-order chi connectivity index (χ1) is 10.8. The molecule has 4 amide bonds. The lowest BCUT2D eigenvalue weighted by molar-refractivity contribution is -0.134. The van der Waals surface area contributed by atoms with Crippen molar-refractivity contribution in [1.29, 1.82) is 0 Å². The van der Waals surface area contributed by atoms with E-state index in [-0.39, 0.29) is 12.6 Å². The summed E-state index contributed by atoms with van der Waals surface area (Å²) in [7, 11) is 0. The van der Waals surface area contributed by atoms with E-state index in [2.05, 4.69) is 20.7 Å². The molecule has 3 heterocycles. The van der Waals surface area contributed by atoms with E-state index in [1.165, 1.54) is 11.3 Å². The SMILES string of the molecule is C[C@H](NC(=O)CN1C(=O)NC(C)(C)C1=O)c1cn2ncsc2n1. The summed E-state index contributed by atoms with van der Waals surface area (Å²) in [6.07, 6.45) is 1.73. The first-order valence-electron chi connectivity index (χ1n) is 7.00. The Labute approximate surface area is 135 Å². The minimum atomic E-state index is -0.983. The van der Waals surface area contributed by atoms with Crippen LogP contribution in [0.15, 0.2) is 11.7 Å². The number of amides is 4. The summed E-state index contributed by atoms with van der Waals surface area (Å²) < 4.78 is 1.63. The number of carbonyl (C=O) groups excluding carboxylic acids is 3. The Hall–Kier alpha value is -2.49. The second-order valence-electron chi connectivity index (χ2n) is 5.87. The molecule has 122 valence electrons. The van der Waals surface area contributed by atoms with Crippen LogP contribution in [-0.4, -0.2) is 49.4 Å². The van der Waals surface area contributed by atoms with Gasteiger partial charge in [0.15, 0.2) is 0 Å². The van der Waals surface area contributed by atoms with E-state index in [0.29, 0.717) is 5.69 Å². The molecule has 0 bridgehead atoms. The van der Waals surface area contributed by atoms with Crippen molar-refractivity contribution in [3.05, 3.63) is 17.4 Å². The lowest BCUT2D eigenvalue weighted by Gasteiger charge is -2.17. The highest BCUT2D eigenvalue weighted by Gasteiger charge is 2.44. The molecule has 2 aromatic heterocycles. The van der Waals surface area contributed by atoms with Gasteiger partial charge in [0.1, 0.15) is 17.6 Å². The molecule has 2 aromatic rings. The van der Waals surface area contributed by atoms with Crippen molar-refractivity contribution in [2.24, 2.45) is 0 Å². The number of aromatic nitrogens is 3. The minimum absolute atomic E-state index is 0.321. The zero-order valence-corrected chi connectivity index (χ0v) is 13.7. The van der Waals surface area contributed by atoms with Crippen molar-refractivity contribution in [3.8, 4) is 0 Å². The number of nitrogens with zero attached hydrogens (tertiary/aromatic N) is 4. The third-order valence-corrected chi connectivity index (χ3v) is 4.26. The largest absolute Gasteiger partial charge is 0.346 e. The molecule has 23 heavy (non-hydrogen) atoms. The van der Waals surface area contributed by atoms with Gasteiger partial charge in [-0.05, 0) is 20.8 Å². The van der Waals surface area contributed by atoms with E-state index in [9.17, 15) is 14.4 Å². The maximum Gasteiger partial charge on any atom is 0.325 e.